The number of hydrogen-bond donors (Lipinski definition) is 1. The van der Waals surface area contributed by atoms with Crippen LogP contribution in [-0.2, 0) is 19.6 Å². The van der Waals surface area contributed by atoms with Crippen molar-refractivity contribution in [2.45, 2.75) is 26.2 Å². The van der Waals surface area contributed by atoms with Gasteiger partial charge in [0, 0.05) is 13.1 Å². The monoisotopic (exact) mass is 516 g/mol. The molecule has 2 aromatic rings. The summed E-state index contributed by atoms with van der Waals surface area (Å²) in [4.78, 5) is 26.5. The average Bonchev–Trinajstić information content (AvgIpc) is 2.86. The summed E-state index contributed by atoms with van der Waals surface area (Å²) in [6.45, 7) is 2.91. The second kappa shape index (κ2) is 12.4. The number of benzene rings is 2. The van der Waals surface area contributed by atoms with E-state index in [9.17, 15) is 18.0 Å². The predicted molar refractivity (Wildman–Crippen MR) is 138 cm³/mol. The minimum Gasteiger partial charge on any atom is -0.495 e. The summed E-state index contributed by atoms with van der Waals surface area (Å²) < 4.78 is 36.6. The van der Waals surface area contributed by atoms with E-state index in [0.29, 0.717) is 17.1 Å². The molecule has 0 atom stereocenters. The minimum atomic E-state index is -3.76. The molecule has 0 aromatic heterocycles. The number of ether oxygens (including phenoxy) is 2. The van der Waals surface area contributed by atoms with Gasteiger partial charge in [-0.15, -0.1) is 0 Å². The van der Waals surface area contributed by atoms with Crippen molar-refractivity contribution < 1.29 is 27.5 Å². The number of sulfonamides is 1. The van der Waals surface area contributed by atoms with Gasteiger partial charge in [0.25, 0.3) is 11.8 Å². The molecule has 10 nitrogen and oxygen atoms in total. The lowest BCUT2D eigenvalue weighted by atomic mass is 10.1. The van der Waals surface area contributed by atoms with E-state index in [4.69, 9.17) is 9.47 Å². The smallest absolute Gasteiger partial charge is 0.260 e. The van der Waals surface area contributed by atoms with Crippen molar-refractivity contribution in [3.8, 4) is 11.5 Å². The molecule has 1 fully saturated rings. The normalized spacial score (nSPS) is 13.9. The fourth-order valence-corrected chi connectivity index (χ4v) is 4.60. The number of aryl methyl sites for hydroxylation is 1. The topological polar surface area (TPSA) is 118 Å². The lowest BCUT2D eigenvalue weighted by molar-refractivity contribution is -0.134. The standard InChI is InChI=1S/C25H32N4O6S/c1-19-7-12-23(34-2)22(15-19)29(36(3,32)33)17-24(30)27-26-16-20-8-10-21(11-9-20)35-18-25(31)28-13-5-4-6-14-28/h7-12,15-16H,4-6,13-14,17-18H2,1-3H3,(H,27,30)/b26-16-. The molecular weight excluding hydrogens is 484 g/mol. The Labute approximate surface area is 211 Å². The van der Waals surface area contributed by atoms with Gasteiger partial charge in [-0.1, -0.05) is 6.07 Å². The van der Waals surface area contributed by atoms with Crippen LogP contribution >= 0.6 is 0 Å². The Bertz CT molecular complexity index is 1190. The molecule has 0 bridgehead atoms. The number of methoxy groups -OCH3 is 1. The Balaban J connectivity index is 1.54. The molecule has 0 spiro atoms. The molecule has 1 N–H and O–H groups in total. The van der Waals surface area contributed by atoms with Crippen LogP contribution in [0.15, 0.2) is 47.6 Å². The van der Waals surface area contributed by atoms with Gasteiger partial charge in [-0.05, 0) is 73.7 Å². The van der Waals surface area contributed by atoms with Crippen molar-refractivity contribution in [3.63, 3.8) is 0 Å². The van der Waals surface area contributed by atoms with E-state index in [0.717, 1.165) is 48.5 Å². The highest BCUT2D eigenvalue weighted by molar-refractivity contribution is 7.92. The molecule has 0 saturated carbocycles. The third-order valence-electron chi connectivity index (χ3n) is 5.64. The Hall–Kier alpha value is -3.60. The van der Waals surface area contributed by atoms with Crippen LogP contribution in [0.4, 0.5) is 5.69 Å². The summed E-state index contributed by atoms with van der Waals surface area (Å²) >= 11 is 0. The zero-order chi connectivity index (χ0) is 26.1. The summed E-state index contributed by atoms with van der Waals surface area (Å²) in [6, 6.07) is 12.0. The summed E-state index contributed by atoms with van der Waals surface area (Å²) in [5.74, 6) is 0.255. The Morgan fingerprint density at radius 1 is 1.11 bits per heavy atom. The number of piperidine rings is 1. The molecule has 194 valence electrons. The van der Waals surface area contributed by atoms with Gasteiger partial charge >= 0.3 is 0 Å². The molecule has 11 heteroatoms. The molecule has 2 aromatic carbocycles. The maximum absolute atomic E-state index is 12.5. The molecule has 0 radical (unpaired) electrons. The lowest BCUT2D eigenvalue weighted by Crippen LogP contribution is -2.39. The molecule has 0 aliphatic carbocycles. The van der Waals surface area contributed by atoms with E-state index >= 15 is 0 Å². The molecule has 2 amide bonds. The first-order chi connectivity index (χ1) is 17.2. The number of likely N-dealkylation sites (tertiary alicyclic amines) is 1. The van der Waals surface area contributed by atoms with E-state index < -0.39 is 22.5 Å². The maximum atomic E-state index is 12.5. The van der Waals surface area contributed by atoms with E-state index in [2.05, 4.69) is 10.5 Å². The number of nitrogens with zero attached hydrogens (tertiary/aromatic N) is 3. The van der Waals surface area contributed by atoms with Crippen LogP contribution < -0.4 is 19.2 Å². The number of carbonyl (C=O) groups is 2. The number of hydrazone groups is 1. The minimum absolute atomic E-state index is 0.00788. The Kier molecular flexibility index (Phi) is 9.29. The summed E-state index contributed by atoms with van der Waals surface area (Å²) in [6.07, 6.45) is 5.67. The molecular formula is C25H32N4O6S. The second-order valence-corrected chi connectivity index (χ2v) is 10.4. The van der Waals surface area contributed by atoms with Gasteiger partial charge in [-0.3, -0.25) is 13.9 Å². The van der Waals surface area contributed by atoms with Crippen molar-refractivity contribution in [1.82, 2.24) is 10.3 Å². The number of nitrogens with one attached hydrogen (secondary N) is 1. The SMILES string of the molecule is COc1ccc(C)cc1N(CC(=O)N/N=C\c1ccc(OCC(=O)N2CCCCC2)cc1)S(C)(=O)=O. The highest BCUT2D eigenvalue weighted by Crippen LogP contribution is 2.30. The first kappa shape index (κ1) is 27.0. The van der Waals surface area contributed by atoms with Gasteiger partial charge in [-0.2, -0.15) is 5.10 Å². The van der Waals surface area contributed by atoms with Crippen LogP contribution in [0.3, 0.4) is 0 Å². The predicted octanol–water partition coefficient (Wildman–Crippen LogP) is 2.31. The summed E-state index contributed by atoms with van der Waals surface area (Å²) in [7, 11) is -2.33. The zero-order valence-corrected chi connectivity index (χ0v) is 21.6. The van der Waals surface area contributed by atoms with Crippen molar-refractivity contribution in [3.05, 3.63) is 53.6 Å². The average molecular weight is 517 g/mol. The van der Waals surface area contributed by atoms with Crippen molar-refractivity contribution in [2.24, 2.45) is 5.10 Å². The number of amides is 2. The fraction of sp³-hybridized carbons (Fsp3) is 0.400. The Morgan fingerprint density at radius 2 is 1.81 bits per heavy atom. The second-order valence-electron chi connectivity index (χ2n) is 8.54. The van der Waals surface area contributed by atoms with Gasteiger partial charge < -0.3 is 14.4 Å². The van der Waals surface area contributed by atoms with Gasteiger partial charge in [-0.25, -0.2) is 13.8 Å². The number of anilines is 1. The third-order valence-corrected chi connectivity index (χ3v) is 6.77. The third kappa shape index (κ3) is 7.70. The van der Waals surface area contributed by atoms with Crippen molar-refractivity contribution >= 4 is 33.7 Å². The van der Waals surface area contributed by atoms with Crippen LogP contribution in [0, 0.1) is 6.92 Å². The maximum Gasteiger partial charge on any atom is 0.260 e. The molecule has 1 aliphatic heterocycles. The van der Waals surface area contributed by atoms with Gasteiger partial charge in [0.15, 0.2) is 6.61 Å². The number of carbonyl (C=O) groups excluding carboxylic acids is 2. The fourth-order valence-electron chi connectivity index (χ4n) is 3.75. The van der Waals surface area contributed by atoms with E-state index in [-0.39, 0.29) is 18.2 Å². The molecule has 1 heterocycles. The number of hydrogen-bond acceptors (Lipinski definition) is 7. The van der Waals surface area contributed by atoms with Crippen LogP contribution in [0.5, 0.6) is 11.5 Å². The first-order valence-electron chi connectivity index (χ1n) is 11.6. The molecule has 0 unspecified atom stereocenters. The highest BCUT2D eigenvalue weighted by Gasteiger charge is 2.24. The number of rotatable bonds is 10. The van der Waals surface area contributed by atoms with Crippen LogP contribution in [0.25, 0.3) is 0 Å². The largest absolute Gasteiger partial charge is 0.495 e. The van der Waals surface area contributed by atoms with Gasteiger partial charge in [0.05, 0.1) is 25.3 Å². The van der Waals surface area contributed by atoms with Gasteiger partial charge in [0.1, 0.15) is 18.0 Å². The van der Waals surface area contributed by atoms with Crippen LogP contribution in [0.2, 0.25) is 0 Å². The highest BCUT2D eigenvalue weighted by atomic mass is 32.2. The summed E-state index contributed by atoms with van der Waals surface area (Å²) in [5, 5.41) is 3.92. The van der Waals surface area contributed by atoms with Gasteiger partial charge in [0.2, 0.25) is 10.0 Å². The van der Waals surface area contributed by atoms with Crippen LogP contribution in [-0.4, -0.2) is 71.0 Å². The van der Waals surface area contributed by atoms with E-state index in [1.165, 1.54) is 13.3 Å². The zero-order valence-electron chi connectivity index (χ0n) is 20.8. The van der Waals surface area contributed by atoms with Crippen LogP contribution in [0.1, 0.15) is 30.4 Å². The Morgan fingerprint density at radius 3 is 2.44 bits per heavy atom. The molecule has 36 heavy (non-hydrogen) atoms. The van der Waals surface area contributed by atoms with Crippen molar-refractivity contribution in [1.29, 1.82) is 0 Å². The quantitative estimate of drug-likeness (QED) is 0.383. The van der Waals surface area contributed by atoms with E-state index in [1.807, 2.05) is 11.8 Å². The molecule has 1 aliphatic rings. The molecule has 3 rings (SSSR count). The summed E-state index contributed by atoms with van der Waals surface area (Å²) in [5.41, 5.74) is 4.13. The van der Waals surface area contributed by atoms with Crippen molar-refractivity contribution in [2.75, 3.05) is 43.9 Å². The lowest BCUT2D eigenvalue weighted by Gasteiger charge is -2.26. The molecule has 1 saturated heterocycles. The van der Waals surface area contributed by atoms with E-state index in [1.54, 1.807) is 42.5 Å². The first-order valence-corrected chi connectivity index (χ1v) is 13.5.